The number of hydrogen-bond donors (Lipinski definition) is 1. The van der Waals surface area contributed by atoms with Gasteiger partial charge in [-0.1, -0.05) is 6.07 Å². The molecule has 2 aliphatic carbocycles. The summed E-state index contributed by atoms with van der Waals surface area (Å²) in [6.45, 7) is 9.05. The fraction of sp³-hybridized carbons (Fsp3) is 0.769. The molecule has 4 fully saturated rings. The van der Waals surface area contributed by atoms with E-state index in [9.17, 15) is 4.79 Å². The largest absolute Gasteiger partial charge is 0.328 e. The SMILES string of the molecule is CC(C)N1CCN([C@H]2CCCC(F)(F)[C@@H]2NC(=O)N2C[C@H]3CC(c4ccccn4)C[C@H]3C2)CC1. The highest BCUT2D eigenvalue weighted by Gasteiger charge is 2.51. The third-order valence-corrected chi connectivity index (χ3v) is 8.82. The van der Waals surface area contributed by atoms with Crippen molar-refractivity contribution in [3.05, 3.63) is 30.1 Å². The quantitative estimate of drug-likeness (QED) is 0.720. The highest BCUT2D eigenvalue weighted by atomic mass is 19.3. The van der Waals surface area contributed by atoms with Gasteiger partial charge in [0.05, 0.1) is 0 Å². The fourth-order valence-corrected chi connectivity index (χ4v) is 6.88. The summed E-state index contributed by atoms with van der Waals surface area (Å²) in [7, 11) is 0. The summed E-state index contributed by atoms with van der Waals surface area (Å²) >= 11 is 0. The van der Waals surface area contributed by atoms with Crippen molar-refractivity contribution in [2.24, 2.45) is 11.8 Å². The Labute approximate surface area is 202 Å². The number of alkyl halides is 2. The first-order valence-electron chi connectivity index (χ1n) is 13.1. The van der Waals surface area contributed by atoms with Gasteiger partial charge in [-0.3, -0.25) is 14.8 Å². The maximum atomic E-state index is 15.1. The number of hydrogen-bond acceptors (Lipinski definition) is 4. The summed E-state index contributed by atoms with van der Waals surface area (Å²) in [5.74, 6) is -1.56. The van der Waals surface area contributed by atoms with Crippen LogP contribution in [-0.4, -0.2) is 89.0 Å². The van der Waals surface area contributed by atoms with Crippen LogP contribution in [0.4, 0.5) is 13.6 Å². The smallest absolute Gasteiger partial charge is 0.317 e. The molecular formula is C26H39F2N5O. The number of likely N-dealkylation sites (tertiary alicyclic amines) is 1. The van der Waals surface area contributed by atoms with Crippen molar-refractivity contribution < 1.29 is 13.6 Å². The molecule has 2 aliphatic heterocycles. The normalized spacial score (nSPS) is 34.4. The van der Waals surface area contributed by atoms with Crippen molar-refractivity contribution in [1.29, 1.82) is 0 Å². The van der Waals surface area contributed by atoms with Gasteiger partial charge in [0.15, 0.2) is 0 Å². The first-order valence-corrected chi connectivity index (χ1v) is 13.1. The van der Waals surface area contributed by atoms with Gasteiger partial charge in [-0.15, -0.1) is 0 Å². The van der Waals surface area contributed by atoms with Crippen molar-refractivity contribution in [3.63, 3.8) is 0 Å². The number of rotatable bonds is 4. The van der Waals surface area contributed by atoms with Crippen LogP contribution in [0, 0.1) is 11.8 Å². The summed E-state index contributed by atoms with van der Waals surface area (Å²) in [5, 5.41) is 2.83. The average molecular weight is 476 g/mol. The lowest BCUT2D eigenvalue weighted by molar-refractivity contribution is -0.0971. The van der Waals surface area contributed by atoms with E-state index in [1.807, 2.05) is 18.3 Å². The van der Waals surface area contributed by atoms with Gasteiger partial charge in [-0.05, 0) is 63.5 Å². The number of carbonyl (C=O) groups is 1. The van der Waals surface area contributed by atoms with Gasteiger partial charge in [-0.2, -0.15) is 0 Å². The van der Waals surface area contributed by atoms with Crippen LogP contribution >= 0.6 is 0 Å². The Balaban J connectivity index is 1.20. The Kier molecular flexibility index (Phi) is 6.81. The van der Waals surface area contributed by atoms with E-state index in [1.54, 1.807) is 4.90 Å². The summed E-state index contributed by atoms with van der Waals surface area (Å²) in [6.07, 6.45) is 4.97. The Hall–Kier alpha value is -1.80. The molecule has 1 aromatic heterocycles. The average Bonchev–Trinajstić information content (AvgIpc) is 3.40. The molecule has 4 aliphatic rings. The Morgan fingerprint density at radius 3 is 2.44 bits per heavy atom. The number of nitrogens with zero attached hydrogens (tertiary/aromatic N) is 4. The summed E-state index contributed by atoms with van der Waals surface area (Å²) in [6, 6.07) is 4.81. The van der Waals surface area contributed by atoms with E-state index < -0.39 is 12.0 Å². The molecule has 5 rings (SSSR count). The number of piperazine rings is 1. The van der Waals surface area contributed by atoms with Gasteiger partial charge in [0.25, 0.3) is 5.92 Å². The standard InChI is InChI=1S/C26H39F2N5O/c1-18(2)31-10-12-32(13-11-31)23-7-5-8-26(27,28)24(23)30-25(34)33-16-20-14-19(15-21(20)17-33)22-6-3-4-9-29-22/h3-4,6,9,18-21,23-24H,5,7-8,10-17H2,1-2H3,(H,30,34)/t19?,20-,21+,23-,24+/m0/s1. The Morgan fingerprint density at radius 1 is 1.12 bits per heavy atom. The van der Waals surface area contributed by atoms with E-state index in [-0.39, 0.29) is 18.5 Å². The second kappa shape index (κ2) is 9.69. The topological polar surface area (TPSA) is 51.7 Å². The molecule has 34 heavy (non-hydrogen) atoms. The zero-order chi connectivity index (χ0) is 23.9. The minimum absolute atomic E-state index is 0.141. The van der Waals surface area contributed by atoms with Gasteiger partial charge in [-0.25, -0.2) is 13.6 Å². The lowest BCUT2D eigenvalue weighted by atomic mass is 9.85. The third kappa shape index (κ3) is 4.81. The molecule has 5 atom stereocenters. The van der Waals surface area contributed by atoms with E-state index in [2.05, 4.69) is 40.0 Å². The lowest BCUT2D eigenvalue weighted by Crippen LogP contribution is -2.65. The molecule has 8 heteroatoms. The lowest BCUT2D eigenvalue weighted by Gasteiger charge is -2.47. The van der Waals surface area contributed by atoms with Crippen molar-refractivity contribution in [2.45, 2.75) is 75.9 Å². The second-order valence-corrected chi connectivity index (χ2v) is 11.2. The van der Waals surface area contributed by atoms with E-state index in [0.717, 1.165) is 51.1 Å². The molecule has 3 heterocycles. The van der Waals surface area contributed by atoms with Gasteiger partial charge in [0, 0.05) is 75.6 Å². The minimum atomic E-state index is -2.87. The number of halogens is 2. The zero-order valence-electron chi connectivity index (χ0n) is 20.5. The van der Waals surface area contributed by atoms with Crippen LogP contribution in [-0.2, 0) is 0 Å². The van der Waals surface area contributed by atoms with E-state index in [1.165, 1.54) is 0 Å². The van der Waals surface area contributed by atoms with E-state index in [4.69, 9.17) is 0 Å². The molecule has 0 radical (unpaired) electrons. The van der Waals surface area contributed by atoms with Crippen LogP contribution in [0.15, 0.2) is 24.4 Å². The maximum Gasteiger partial charge on any atom is 0.317 e. The molecule has 2 amide bonds. The van der Waals surface area contributed by atoms with Gasteiger partial charge < -0.3 is 10.2 Å². The maximum absolute atomic E-state index is 15.1. The Morgan fingerprint density at radius 2 is 1.82 bits per heavy atom. The number of nitrogens with one attached hydrogen (secondary N) is 1. The molecule has 0 bridgehead atoms. The molecule has 1 N–H and O–H groups in total. The monoisotopic (exact) mass is 475 g/mol. The number of aromatic nitrogens is 1. The fourth-order valence-electron chi connectivity index (χ4n) is 6.88. The summed E-state index contributed by atoms with van der Waals surface area (Å²) in [5.41, 5.74) is 1.13. The number of fused-ring (bicyclic) bond motifs is 1. The summed E-state index contributed by atoms with van der Waals surface area (Å²) in [4.78, 5) is 24.1. The van der Waals surface area contributed by atoms with Crippen molar-refractivity contribution in [1.82, 2.24) is 25.0 Å². The van der Waals surface area contributed by atoms with Crippen molar-refractivity contribution >= 4 is 6.03 Å². The van der Waals surface area contributed by atoms with Crippen LogP contribution in [0.3, 0.4) is 0 Å². The van der Waals surface area contributed by atoms with Gasteiger partial charge >= 0.3 is 6.03 Å². The molecule has 188 valence electrons. The highest BCUT2D eigenvalue weighted by molar-refractivity contribution is 5.75. The first kappa shape index (κ1) is 23.9. The molecule has 6 nitrogen and oxygen atoms in total. The van der Waals surface area contributed by atoms with Gasteiger partial charge in [0.2, 0.25) is 0 Å². The molecule has 2 saturated heterocycles. The Bertz CT molecular complexity index is 831. The molecule has 1 aromatic rings. The van der Waals surface area contributed by atoms with Crippen molar-refractivity contribution in [2.75, 3.05) is 39.3 Å². The number of pyridine rings is 1. The van der Waals surface area contributed by atoms with Crippen LogP contribution < -0.4 is 5.32 Å². The predicted octanol–water partition coefficient (Wildman–Crippen LogP) is 3.80. The zero-order valence-corrected chi connectivity index (χ0v) is 20.5. The van der Waals surface area contributed by atoms with Crippen LogP contribution in [0.1, 0.15) is 57.6 Å². The molecule has 0 aromatic carbocycles. The summed E-state index contributed by atoms with van der Waals surface area (Å²) < 4.78 is 30.2. The molecule has 1 unspecified atom stereocenters. The van der Waals surface area contributed by atoms with Gasteiger partial charge in [0.1, 0.15) is 6.04 Å². The predicted molar refractivity (Wildman–Crippen MR) is 128 cm³/mol. The number of amides is 2. The van der Waals surface area contributed by atoms with Crippen molar-refractivity contribution in [3.8, 4) is 0 Å². The number of carbonyl (C=O) groups excluding carboxylic acids is 1. The van der Waals surface area contributed by atoms with Crippen LogP contribution in [0.2, 0.25) is 0 Å². The van der Waals surface area contributed by atoms with Crippen LogP contribution in [0.25, 0.3) is 0 Å². The second-order valence-electron chi connectivity index (χ2n) is 11.2. The molecule has 0 spiro atoms. The first-order chi connectivity index (χ1) is 16.3. The molecule has 2 saturated carbocycles. The third-order valence-electron chi connectivity index (χ3n) is 8.82. The minimum Gasteiger partial charge on any atom is -0.328 e. The van der Waals surface area contributed by atoms with E-state index in [0.29, 0.717) is 43.3 Å². The van der Waals surface area contributed by atoms with E-state index >= 15 is 8.78 Å². The molecular weight excluding hydrogens is 436 g/mol. The number of urea groups is 1. The van der Waals surface area contributed by atoms with Crippen LogP contribution in [0.5, 0.6) is 0 Å². The highest BCUT2D eigenvalue weighted by Crippen LogP contribution is 2.46.